The van der Waals surface area contributed by atoms with E-state index in [1.165, 1.54) is 0 Å². The summed E-state index contributed by atoms with van der Waals surface area (Å²) in [5.41, 5.74) is 1.97. The molecule has 2 heterocycles. The van der Waals surface area contributed by atoms with Gasteiger partial charge in [-0.05, 0) is 29.1 Å². The molecule has 26 heavy (non-hydrogen) atoms. The van der Waals surface area contributed by atoms with Gasteiger partial charge < -0.3 is 15.0 Å². The number of pyridine rings is 1. The van der Waals surface area contributed by atoms with Gasteiger partial charge >= 0.3 is 6.09 Å². The number of fused-ring (bicyclic) bond motifs is 1. The number of carbonyl (C=O) groups is 2. The normalized spacial score (nSPS) is 13.7. The summed E-state index contributed by atoms with van der Waals surface area (Å²) in [5, 5.41) is 4.67. The minimum Gasteiger partial charge on any atom is -0.448 e. The molecular formula is C20H17N3O3. The highest BCUT2D eigenvalue weighted by atomic mass is 16.6. The smallest absolute Gasteiger partial charge is 0.410 e. The molecule has 0 unspecified atom stereocenters. The molecule has 0 saturated carbocycles. The lowest BCUT2D eigenvalue weighted by atomic mass is 10.1. The van der Waals surface area contributed by atoms with Gasteiger partial charge in [0.2, 0.25) is 0 Å². The molecule has 2 amide bonds. The van der Waals surface area contributed by atoms with Crippen LogP contribution in [0.15, 0.2) is 60.8 Å². The van der Waals surface area contributed by atoms with Crippen LogP contribution < -0.4 is 5.32 Å². The summed E-state index contributed by atoms with van der Waals surface area (Å²) in [6, 6.07) is 17.0. The van der Waals surface area contributed by atoms with Crippen molar-refractivity contribution in [2.45, 2.75) is 6.54 Å². The number of ether oxygens (including phenoxy) is 1. The zero-order chi connectivity index (χ0) is 17.9. The quantitative estimate of drug-likeness (QED) is 0.785. The maximum Gasteiger partial charge on any atom is 0.410 e. The van der Waals surface area contributed by atoms with Crippen molar-refractivity contribution in [2.75, 3.05) is 18.5 Å². The number of aromatic nitrogens is 1. The van der Waals surface area contributed by atoms with Gasteiger partial charge in [0.1, 0.15) is 12.3 Å². The van der Waals surface area contributed by atoms with E-state index in [4.69, 9.17) is 4.74 Å². The molecule has 1 N–H and O–H groups in total. The second kappa shape index (κ2) is 6.84. The molecule has 6 nitrogen and oxygen atoms in total. The Balaban J connectivity index is 1.54. The number of rotatable bonds is 4. The Labute approximate surface area is 150 Å². The summed E-state index contributed by atoms with van der Waals surface area (Å²) in [6.45, 7) is 1.45. The standard InChI is InChI=1S/C20H17N3O3/c24-19(18-17-7-2-1-5-15(17)8-9-21-18)22-16-6-3-4-14(12-16)13-23-10-11-26-20(23)25/h1-9,12H,10-11,13H2,(H,22,24). The van der Waals surface area contributed by atoms with Crippen LogP contribution in [0, 0.1) is 0 Å². The topological polar surface area (TPSA) is 71.5 Å². The molecule has 2 aromatic carbocycles. The maximum absolute atomic E-state index is 12.7. The van der Waals surface area contributed by atoms with Gasteiger partial charge in [0.05, 0.1) is 6.54 Å². The zero-order valence-corrected chi connectivity index (χ0v) is 14.0. The summed E-state index contributed by atoms with van der Waals surface area (Å²) in [7, 11) is 0. The zero-order valence-electron chi connectivity index (χ0n) is 14.0. The molecule has 0 atom stereocenters. The number of hydrogen-bond donors (Lipinski definition) is 1. The highest BCUT2D eigenvalue weighted by Crippen LogP contribution is 2.19. The van der Waals surface area contributed by atoms with E-state index in [1.54, 1.807) is 11.1 Å². The van der Waals surface area contributed by atoms with Crippen LogP contribution in [-0.4, -0.2) is 35.0 Å². The maximum atomic E-state index is 12.7. The van der Waals surface area contributed by atoms with Gasteiger partial charge in [-0.3, -0.25) is 9.78 Å². The fourth-order valence-corrected chi connectivity index (χ4v) is 3.03. The van der Waals surface area contributed by atoms with Gasteiger partial charge in [-0.2, -0.15) is 0 Å². The van der Waals surface area contributed by atoms with E-state index in [9.17, 15) is 9.59 Å². The molecule has 0 bridgehead atoms. The van der Waals surface area contributed by atoms with E-state index < -0.39 is 0 Å². The van der Waals surface area contributed by atoms with Gasteiger partial charge in [0, 0.05) is 23.8 Å². The Morgan fingerprint density at radius 3 is 2.88 bits per heavy atom. The number of anilines is 1. The van der Waals surface area contributed by atoms with Gasteiger partial charge in [-0.1, -0.05) is 36.4 Å². The fraction of sp³-hybridized carbons (Fsp3) is 0.150. The van der Waals surface area contributed by atoms with Crippen molar-refractivity contribution in [1.82, 2.24) is 9.88 Å². The van der Waals surface area contributed by atoms with Gasteiger partial charge in [0.25, 0.3) is 5.91 Å². The number of nitrogens with zero attached hydrogens (tertiary/aromatic N) is 2. The molecule has 6 heteroatoms. The lowest BCUT2D eigenvalue weighted by molar-refractivity contribution is 0.102. The number of cyclic esters (lactones) is 1. The first-order valence-electron chi connectivity index (χ1n) is 8.36. The number of nitrogens with one attached hydrogen (secondary N) is 1. The Bertz CT molecular complexity index is 981. The average Bonchev–Trinajstić information content (AvgIpc) is 3.06. The molecule has 0 radical (unpaired) electrons. The first kappa shape index (κ1) is 16.1. The third-order valence-electron chi connectivity index (χ3n) is 4.29. The molecule has 1 aromatic heterocycles. The third kappa shape index (κ3) is 3.21. The van der Waals surface area contributed by atoms with Crippen molar-refractivity contribution < 1.29 is 14.3 Å². The summed E-state index contributed by atoms with van der Waals surface area (Å²) in [6.07, 6.45) is 1.33. The SMILES string of the molecule is O=C(Nc1cccc(CN2CCOC2=O)c1)c1nccc2ccccc12. The van der Waals surface area contributed by atoms with Crippen LogP contribution in [0.2, 0.25) is 0 Å². The molecule has 0 aliphatic carbocycles. The Kier molecular flexibility index (Phi) is 4.23. The molecular weight excluding hydrogens is 330 g/mol. The summed E-state index contributed by atoms with van der Waals surface area (Å²) in [5.74, 6) is -0.264. The van der Waals surface area contributed by atoms with Crippen LogP contribution in [0.1, 0.15) is 16.1 Å². The lowest BCUT2D eigenvalue weighted by Crippen LogP contribution is -2.23. The van der Waals surface area contributed by atoms with E-state index in [0.717, 1.165) is 16.3 Å². The second-order valence-corrected chi connectivity index (χ2v) is 6.07. The van der Waals surface area contributed by atoms with Gasteiger partial charge in [-0.15, -0.1) is 0 Å². The predicted molar refractivity (Wildman–Crippen MR) is 97.9 cm³/mol. The summed E-state index contributed by atoms with van der Waals surface area (Å²) < 4.78 is 4.94. The van der Waals surface area contributed by atoms with Gasteiger partial charge in [-0.25, -0.2) is 4.79 Å². The van der Waals surface area contributed by atoms with Crippen molar-refractivity contribution in [3.8, 4) is 0 Å². The minimum absolute atomic E-state index is 0.264. The number of hydrogen-bond acceptors (Lipinski definition) is 4. The summed E-state index contributed by atoms with van der Waals surface area (Å²) in [4.78, 5) is 30.1. The number of carbonyl (C=O) groups excluding carboxylic acids is 2. The molecule has 0 spiro atoms. The Hall–Kier alpha value is -3.41. The van der Waals surface area contributed by atoms with Crippen molar-refractivity contribution in [1.29, 1.82) is 0 Å². The van der Waals surface area contributed by atoms with Crippen molar-refractivity contribution >= 4 is 28.5 Å². The highest BCUT2D eigenvalue weighted by Gasteiger charge is 2.21. The monoisotopic (exact) mass is 347 g/mol. The van der Waals surface area contributed by atoms with E-state index in [0.29, 0.717) is 31.1 Å². The number of benzene rings is 2. The number of amides is 2. The minimum atomic E-state index is -0.306. The largest absolute Gasteiger partial charge is 0.448 e. The van der Waals surface area contributed by atoms with E-state index in [2.05, 4.69) is 10.3 Å². The van der Waals surface area contributed by atoms with E-state index in [1.807, 2.05) is 54.6 Å². The van der Waals surface area contributed by atoms with E-state index in [-0.39, 0.29) is 12.0 Å². The van der Waals surface area contributed by atoms with Crippen molar-refractivity contribution in [3.63, 3.8) is 0 Å². The van der Waals surface area contributed by atoms with Crippen LogP contribution in [0.3, 0.4) is 0 Å². The van der Waals surface area contributed by atoms with Crippen LogP contribution in [0.25, 0.3) is 10.8 Å². The third-order valence-corrected chi connectivity index (χ3v) is 4.29. The molecule has 1 aliphatic heterocycles. The molecule has 3 aromatic rings. The lowest BCUT2D eigenvalue weighted by Gasteiger charge is -2.13. The fourth-order valence-electron chi connectivity index (χ4n) is 3.03. The summed E-state index contributed by atoms with van der Waals surface area (Å²) >= 11 is 0. The predicted octanol–water partition coefficient (Wildman–Crippen LogP) is 3.44. The van der Waals surface area contributed by atoms with Crippen LogP contribution in [0.4, 0.5) is 10.5 Å². The Morgan fingerprint density at radius 2 is 2.04 bits per heavy atom. The van der Waals surface area contributed by atoms with Crippen LogP contribution in [0.5, 0.6) is 0 Å². The average molecular weight is 347 g/mol. The van der Waals surface area contributed by atoms with Gasteiger partial charge in [0.15, 0.2) is 0 Å². The molecule has 4 rings (SSSR count). The van der Waals surface area contributed by atoms with Crippen LogP contribution >= 0.6 is 0 Å². The first-order valence-corrected chi connectivity index (χ1v) is 8.36. The van der Waals surface area contributed by atoms with Crippen LogP contribution in [-0.2, 0) is 11.3 Å². The van der Waals surface area contributed by atoms with Crippen molar-refractivity contribution in [3.05, 3.63) is 72.1 Å². The molecule has 130 valence electrons. The molecule has 1 fully saturated rings. The highest BCUT2D eigenvalue weighted by molar-refractivity contribution is 6.11. The molecule has 1 saturated heterocycles. The Morgan fingerprint density at radius 1 is 1.15 bits per heavy atom. The second-order valence-electron chi connectivity index (χ2n) is 6.07. The van der Waals surface area contributed by atoms with E-state index >= 15 is 0 Å². The molecule has 1 aliphatic rings. The first-order chi connectivity index (χ1) is 12.7. The van der Waals surface area contributed by atoms with Crippen molar-refractivity contribution in [2.24, 2.45) is 0 Å².